The lowest BCUT2D eigenvalue weighted by Crippen LogP contribution is -2.36. The normalized spacial score (nSPS) is 21.5. The Kier molecular flexibility index (Phi) is 9.11. The SMILES string of the molecule is CC1=C(N2NC(c3cccc(N)c3C=NCC(F)(F)c3ccccc3)C(C(C)C)=C2C)CCC(N2CCC(CC=O)C2)=N1. The van der Waals surface area contributed by atoms with Crippen LogP contribution in [0.25, 0.3) is 0 Å². The van der Waals surface area contributed by atoms with Gasteiger partial charge in [0.05, 0.1) is 17.4 Å². The number of nitrogens with zero attached hydrogens (tertiary/aromatic N) is 4. The van der Waals surface area contributed by atoms with Gasteiger partial charge < -0.3 is 15.4 Å². The van der Waals surface area contributed by atoms with Gasteiger partial charge in [0.25, 0.3) is 5.92 Å². The number of hydrazine groups is 1. The molecule has 228 valence electrons. The van der Waals surface area contributed by atoms with E-state index in [0.29, 0.717) is 23.6 Å². The topological polar surface area (TPSA) is 86.3 Å². The minimum atomic E-state index is -3.09. The van der Waals surface area contributed by atoms with Crippen LogP contribution in [-0.2, 0) is 10.7 Å². The summed E-state index contributed by atoms with van der Waals surface area (Å²) in [5.74, 6) is -1.36. The first-order valence-electron chi connectivity index (χ1n) is 15.1. The number of benzene rings is 2. The zero-order chi connectivity index (χ0) is 30.7. The van der Waals surface area contributed by atoms with Crippen molar-refractivity contribution in [2.45, 2.75) is 65.3 Å². The Morgan fingerprint density at radius 1 is 1.14 bits per heavy atom. The molecule has 3 N–H and O–H groups in total. The molecule has 0 amide bonds. The van der Waals surface area contributed by atoms with Crippen molar-refractivity contribution in [3.05, 3.63) is 87.9 Å². The van der Waals surface area contributed by atoms with Crippen LogP contribution in [0.15, 0.2) is 81.2 Å². The summed E-state index contributed by atoms with van der Waals surface area (Å²) in [5, 5.41) is 2.16. The van der Waals surface area contributed by atoms with Crippen LogP contribution in [0.3, 0.4) is 0 Å². The lowest BCUT2D eigenvalue weighted by Gasteiger charge is -2.31. The number of carbonyl (C=O) groups excluding carboxylic acids is 1. The second-order valence-electron chi connectivity index (χ2n) is 12.0. The Bertz CT molecular complexity index is 1460. The van der Waals surface area contributed by atoms with E-state index in [4.69, 9.17) is 10.7 Å². The van der Waals surface area contributed by atoms with E-state index in [0.717, 1.165) is 67.1 Å². The predicted molar refractivity (Wildman–Crippen MR) is 169 cm³/mol. The number of rotatable bonds is 9. The number of nitrogens with one attached hydrogen (secondary N) is 1. The summed E-state index contributed by atoms with van der Waals surface area (Å²) in [6.45, 7) is 9.66. The Morgan fingerprint density at radius 2 is 1.91 bits per heavy atom. The molecule has 2 aromatic rings. The van der Waals surface area contributed by atoms with Crippen LogP contribution in [0, 0.1) is 11.8 Å². The summed E-state index contributed by atoms with van der Waals surface area (Å²) in [6.07, 6.45) is 5.82. The smallest absolute Gasteiger partial charge is 0.292 e. The van der Waals surface area contributed by atoms with Crippen molar-refractivity contribution < 1.29 is 13.6 Å². The van der Waals surface area contributed by atoms with Gasteiger partial charge in [-0.1, -0.05) is 56.3 Å². The summed E-state index contributed by atoms with van der Waals surface area (Å²) < 4.78 is 29.7. The molecule has 3 heterocycles. The van der Waals surface area contributed by atoms with E-state index in [-0.39, 0.29) is 17.5 Å². The minimum absolute atomic E-state index is 0.0605. The summed E-state index contributed by atoms with van der Waals surface area (Å²) >= 11 is 0. The Morgan fingerprint density at radius 3 is 2.60 bits per heavy atom. The standard InChI is InChI=1S/C34H42F2N6O/c1-22(2)32-24(4)42(30-13-14-31(39-23(30)3)41-17-15-25(20-41)16-18-43)40-33(32)27-11-8-12-29(37)28(27)19-38-21-34(35,36)26-9-6-5-7-10-26/h5-12,18-19,22,25,33,40H,13-17,20-21,37H2,1-4H3. The maximum Gasteiger partial charge on any atom is 0.292 e. The van der Waals surface area contributed by atoms with Gasteiger partial charge in [0.15, 0.2) is 0 Å². The van der Waals surface area contributed by atoms with Gasteiger partial charge in [0, 0.05) is 54.7 Å². The lowest BCUT2D eigenvalue weighted by molar-refractivity contribution is -0.108. The highest BCUT2D eigenvalue weighted by Gasteiger charge is 2.37. The molecule has 2 atom stereocenters. The van der Waals surface area contributed by atoms with E-state index in [1.807, 2.05) is 12.1 Å². The number of allylic oxidation sites excluding steroid dienone is 3. The molecule has 3 aliphatic heterocycles. The van der Waals surface area contributed by atoms with Gasteiger partial charge in [-0.25, -0.2) is 10.4 Å². The van der Waals surface area contributed by atoms with Gasteiger partial charge in [-0.3, -0.25) is 10.0 Å². The molecule has 2 aromatic carbocycles. The summed E-state index contributed by atoms with van der Waals surface area (Å²) in [4.78, 5) is 22.5. The molecule has 43 heavy (non-hydrogen) atoms. The van der Waals surface area contributed by atoms with Crippen LogP contribution in [0.4, 0.5) is 14.5 Å². The molecule has 5 rings (SSSR count). The van der Waals surface area contributed by atoms with Gasteiger partial charge >= 0.3 is 0 Å². The van der Waals surface area contributed by atoms with Gasteiger partial charge in [-0.05, 0) is 55.7 Å². The van der Waals surface area contributed by atoms with E-state index < -0.39 is 12.5 Å². The summed E-state index contributed by atoms with van der Waals surface area (Å²) in [5.41, 5.74) is 16.5. The van der Waals surface area contributed by atoms with E-state index >= 15 is 0 Å². The molecule has 0 saturated carbocycles. The zero-order valence-electron chi connectivity index (χ0n) is 25.5. The third kappa shape index (κ3) is 6.42. The van der Waals surface area contributed by atoms with Crippen LogP contribution in [0.5, 0.6) is 0 Å². The van der Waals surface area contributed by atoms with Crippen molar-refractivity contribution >= 4 is 24.0 Å². The Balaban J connectivity index is 1.41. The van der Waals surface area contributed by atoms with Crippen molar-refractivity contribution in [1.29, 1.82) is 0 Å². The molecule has 0 bridgehead atoms. The molecular formula is C34H42F2N6O. The predicted octanol–water partition coefficient (Wildman–Crippen LogP) is 6.61. The van der Waals surface area contributed by atoms with Crippen LogP contribution in [-0.4, -0.2) is 47.9 Å². The summed E-state index contributed by atoms with van der Waals surface area (Å²) in [6, 6.07) is 13.2. The van der Waals surface area contributed by atoms with E-state index in [2.05, 4.69) is 48.0 Å². The average Bonchev–Trinajstić information content (AvgIpc) is 3.59. The number of nitrogen functional groups attached to an aromatic ring is 1. The number of hydrogen-bond donors (Lipinski definition) is 2. The molecule has 1 saturated heterocycles. The number of nitrogens with two attached hydrogens (primary N) is 1. The summed E-state index contributed by atoms with van der Waals surface area (Å²) in [7, 11) is 0. The Labute approximate surface area is 253 Å². The fourth-order valence-corrected chi connectivity index (χ4v) is 6.55. The third-order valence-electron chi connectivity index (χ3n) is 8.79. The quantitative estimate of drug-likeness (QED) is 0.196. The van der Waals surface area contributed by atoms with Gasteiger partial charge in [0.2, 0.25) is 0 Å². The van der Waals surface area contributed by atoms with E-state index in [1.54, 1.807) is 24.3 Å². The fraction of sp³-hybridized carbons (Fsp3) is 0.441. The zero-order valence-corrected chi connectivity index (χ0v) is 25.5. The molecule has 3 aliphatic rings. The lowest BCUT2D eigenvalue weighted by atomic mass is 9.88. The van der Waals surface area contributed by atoms with Gasteiger partial charge in [-0.2, -0.15) is 8.78 Å². The fourth-order valence-electron chi connectivity index (χ4n) is 6.55. The van der Waals surface area contributed by atoms with Gasteiger partial charge in [0.1, 0.15) is 18.7 Å². The number of amidine groups is 1. The molecule has 0 radical (unpaired) electrons. The first-order chi connectivity index (χ1) is 20.6. The van der Waals surface area contributed by atoms with Crippen molar-refractivity contribution in [2.75, 3.05) is 25.4 Å². The van der Waals surface area contributed by atoms with Crippen molar-refractivity contribution in [1.82, 2.24) is 15.3 Å². The molecule has 0 aliphatic carbocycles. The highest BCUT2D eigenvalue weighted by atomic mass is 19.3. The number of alkyl halides is 2. The highest BCUT2D eigenvalue weighted by molar-refractivity contribution is 5.89. The number of aliphatic imine (C=N–C) groups is 2. The second-order valence-corrected chi connectivity index (χ2v) is 12.0. The van der Waals surface area contributed by atoms with Crippen LogP contribution < -0.4 is 11.2 Å². The third-order valence-corrected chi connectivity index (χ3v) is 8.79. The monoisotopic (exact) mass is 588 g/mol. The minimum Gasteiger partial charge on any atom is -0.398 e. The van der Waals surface area contributed by atoms with Crippen molar-refractivity contribution in [3.8, 4) is 0 Å². The van der Waals surface area contributed by atoms with Crippen molar-refractivity contribution in [3.63, 3.8) is 0 Å². The number of likely N-dealkylation sites (tertiary alicyclic amines) is 1. The molecular weight excluding hydrogens is 546 g/mol. The Hall–Kier alpha value is -3.85. The van der Waals surface area contributed by atoms with Crippen molar-refractivity contribution in [2.24, 2.45) is 21.8 Å². The first-order valence-corrected chi connectivity index (χ1v) is 15.1. The van der Waals surface area contributed by atoms with Crippen LogP contribution >= 0.6 is 0 Å². The molecule has 9 heteroatoms. The van der Waals surface area contributed by atoms with E-state index in [1.165, 1.54) is 23.9 Å². The number of carbonyl (C=O) groups is 1. The maximum absolute atomic E-state index is 14.8. The number of hydrogen-bond acceptors (Lipinski definition) is 7. The van der Waals surface area contributed by atoms with Crippen LogP contribution in [0.2, 0.25) is 0 Å². The first kappa shape index (κ1) is 30.6. The largest absolute Gasteiger partial charge is 0.398 e. The molecule has 0 spiro atoms. The van der Waals surface area contributed by atoms with Gasteiger partial charge in [-0.15, -0.1) is 0 Å². The average molecular weight is 589 g/mol. The number of halogens is 2. The molecule has 1 fully saturated rings. The highest BCUT2D eigenvalue weighted by Crippen LogP contribution is 2.42. The molecule has 0 aromatic heterocycles. The van der Waals surface area contributed by atoms with E-state index in [9.17, 15) is 13.6 Å². The second kappa shape index (κ2) is 12.8. The number of aldehydes is 1. The molecule has 2 unspecified atom stereocenters. The molecule has 7 nitrogen and oxygen atoms in total. The number of anilines is 1. The maximum atomic E-state index is 14.8. The van der Waals surface area contributed by atoms with Crippen LogP contribution in [0.1, 0.15) is 76.1 Å².